The van der Waals surface area contributed by atoms with Crippen LogP contribution in [0.4, 0.5) is 4.39 Å². The summed E-state index contributed by atoms with van der Waals surface area (Å²) in [6.07, 6.45) is 0. The van der Waals surface area contributed by atoms with Crippen LogP contribution in [0.2, 0.25) is 0 Å². The summed E-state index contributed by atoms with van der Waals surface area (Å²) in [5.74, 6) is -2.20. The Morgan fingerprint density at radius 1 is 1.35 bits per heavy atom. The molecule has 0 bridgehead atoms. The van der Waals surface area contributed by atoms with Gasteiger partial charge in [0.1, 0.15) is 5.54 Å². The summed E-state index contributed by atoms with van der Waals surface area (Å²) in [7, 11) is 0. The molecule has 0 radical (unpaired) electrons. The molecule has 1 amide bonds. The van der Waals surface area contributed by atoms with Crippen molar-refractivity contribution in [3.8, 4) is 11.8 Å². The van der Waals surface area contributed by atoms with Crippen LogP contribution >= 0.6 is 0 Å². The first-order chi connectivity index (χ1) is 10.8. The fourth-order valence-electron chi connectivity index (χ4n) is 1.51. The van der Waals surface area contributed by atoms with Gasteiger partial charge in [-0.2, -0.15) is 5.26 Å². The van der Waals surface area contributed by atoms with Gasteiger partial charge in [-0.1, -0.05) is 26.0 Å². The SMILES string of the molecule is CC(C)[C@@](C)(C#N)NC(=O)COC(=O)COc1ccccc1F. The highest BCUT2D eigenvalue weighted by Crippen LogP contribution is 2.16. The van der Waals surface area contributed by atoms with Crippen LogP contribution in [0.25, 0.3) is 0 Å². The van der Waals surface area contributed by atoms with E-state index in [0.29, 0.717) is 0 Å². The first-order valence-corrected chi connectivity index (χ1v) is 7.03. The lowest BCUT2D eigenvalue weighted by Crippen LogP contribution is -2.50. The summed E-state index contributed by atoms with van der Waals surface area (Å²) in [5.41, 5.74) is -1.05. The first kappa shape index (κ1) is 18.4. The maximum atomic E-state index is 13.3. The van der Waals surface area contributed by atoms with Gasteiger partial charge in [0.2, 0.25) is 0 Å². The molecule has 1 aromatic carbocycles. The van der Waals surface area contributed by atoms with E-state index in [-0.39, 0.29) is 11.7 Å². The van der Waals surface area contributed by atoms with Gasteiger partial charge in [0.05, 0.1) is 6.07 Å². The van der Waals surface area contributed by atoms with E-state index in [9.17, 15) is 14.0 Å². The van der Waals surface area contributed by atoms with Crippen LogP contribution in [0.3, 0.4) is 0 Å². The summed E-state index contributed by atoms with van der Waals surface area (Å²) in [6, 6.07) is 7.63. The van der Waals surface area contributed by atoms with Crippen LogP contribution < -0.4 is 10.1 Å². The Morgan fingerprint density at radius 3 is 2.57 bits per heavy atom. The quantitative estimate of drug-likeness (QED) is 0.773. The lowest BCUT2D eigenvalue weighted by molar-refractivity contribution is -0.150. The Kier molecular flexibility index (Phi) is 6.51. The fourth-order valence-corrected chi connectivity index (χ4v) is 1.51. The van der Waals surface area contributed by atoms with Crippen molar-refractivity contribution >= 4 is 11.9 Å². The average molecular weight is 322 g/mol. The predicted molar refractivity (Wildman–Crippen MR) is 79.9 cm³/mol. The molecule has 0 aliphatic rings. The van der Waals surface area contributed by atoms with E-state index in [0.717, 1.165) is 0 Å². The third-order valence-electron chi connectivity index (χ3n) is 3.33. The largest absolute Gasteiger partial charge is 0.479 e. The molecule has 0 spiro atoms. The second-order valence-electron chi connectivity index (χ2n) is 5.40. The first-order valence-electron chi connectivity index (χ1n) is 7.03. The highest BCUT2D eigenvalue weighted by molar-refractivity contribution is 5.81. The molecule has 23 heavy (non-hydrogen) atoms. The zero-order chi connectivity index (χ0) is 17.5. The Balaban J connectivity index is 2.40. The van der Waals surface area contributed by atoms with Crippen molar-refractivity contribution in [3.63, 3.8) is 0 Å². The Hall–Kier alpha value is -2.62. The number of hydrogen-bond acceptors (Lipinski definition) is 5. The summed E-state index contributed by atoms with van der Waals surface area (Å²) in [4.78, 5) is 23.2. The molecule has 0 aliphatic carbocycles. The van der Waals surface area contributed by atoms with Gasteiger partial charge in [0.15, 0.2) is 24.8 Å². The van der Waals surface area contributed by atoms with Crippen LogP contribution in [0.1, 0.15) is 20.8 Å². The monoisotopic (exact) mass is 322 g/mol. The van der Waals surface area contributed by atoms with Gasteiger partial charge < -0.3 is 14.8 Å². The third kappa shape index (κ3) is 5.58. The highest BCUT2D eigenvalue weighted by Gasteiger charge is 2.30. The number of para-hydroxylation sites is 1. The standard InChI is InChI=1S/C16H19FN2O4/c1-11(2)16(3,10-18)19-14(20)8-23-15(21)9-22-13-7-5-4-6-12(13)17/h4-7,11H,8-9H2,1-3H3,(H,19,20)/t16-/m1/s1. The molecule has 124 valence electrons. The topological polar surface area (TPSA) is 88.4 Å². The molecule has 6 nitrogen and oxygen atoms in total. The molecule has 0 aliphatic heterocycles. The molecule has 1 aromatic rings. The smallest absolute Gasteiger partial charge is 0.344 e. The third-order valence-corrected chi connectivity index (χ3v) is 3.33. The van der Waals surface area contributed by atoms with E-state index in [4.69, 9.17) is 14.7 Å². The molecule has 1 rings (SSSR count). The van der Waals surface area contributed by atoms with Crippen molar-refractivity contribution in [1.82, 2.24) is 5.32 Å². The van der Waals surface area contributed by atoms with Gasteiger partial charge in [-0.3, -0.25) is 4.79 Å². The number of nitriles is 1. The lowest BCUT2D eigenvalue weighted by atomic mass is 9.90. The lowest BCUT2D eigenvalue weighted by Gasteiger charge is -2.27. The molecule has 1 N–H and O–H groups in total. The summed E-state index contributed by atoms with van der Waals surface area (Å²) < 4.78 is 23.0. The summed E-state index contributed by atoms with van der Waals surface area (Å²) in [5, 5.41) is 11.6. The van der Waals surface area contributed by atoms with Crippen molar-refractivity contribution in [3.05, 3.63) is 30.1 Å². The minimum Gasteiger partial charge on any atom is -0.479 e. The number of hydrogen-bond donors (Lipinski definition) is 1. The van der Waals surface area contributed by atoms with Gasteiger partial charge >= 0.3 is 5.97 Å². The minimum absolute atomic E-state index is 0.0780. The molecule has 0 fully saturated rings. The predicted octanol–water partition coefficient (Wildman–Crippen LogP) is 1.80. The Bertz CT molecular complexity index is 612. The van der Waals surface area contributed by atoms with Crippen LogP contribution in [0.15, 0.2) is 24.3 Å². The summed E-state index contributed by atoms with van der Waals surface area (Å²) >= 11 is 0. The van der Waals surface area contributed by atoms with Crippen LogP contribution in [0, 0.1) is 23.1 Å². The van der Waals surface area contributed by atoms with Gasteiger partial charge in [-0.25, -0.2) is 9.18 Å². The van der Waals surface area contributed by atoms with Crippen molar-refractivity contribution in [1.29, 1.82) is 5.26 Å². The van der Waals surface area contributed by atoms with E-state index in [1.807, 2.05) is 6.07 Å². The van der Waals surface area contributed by atoms with Gasteiger partial charge in [0, 0.05) is 0 Å². The zero-order valence-corrected chi connectivity index (χ0v) is 13.3. The van der Waals surface area contributed by atoms with Crippen molar-refractivity contribution in [2.24, 2.45) is 5.92 Å². The number of rotatable bonds is 7. The van der Waals surface area contributed by atoms with Gasteiger partial charge in [-0.15, -0.1) is 0 Å². The number of nitrogens with zero attached hydrogens (tertiary/aromatic N) is 1. The number of amides is 1. The number of carbonyl (C=O) groups excluding carboxylic acids is 2. The second kappa shape index (κ2) is 8.13. The van der Waals surface area contributed by atoms with E-state index >= 15 is 0 Å². The number of carbonyl (C=O) groups is 2. The normalized spacial score (nSPS) is 12.9. The average Bonchev–Trinajstić information content (AvgIpc) is 2.51. The fraction of sp³-hybridized carbons (Fsp3) is 0.438. The number of nitrogens with one attached hydrogen (secondary N) is 1. The van der Waals surface area contributed by atoms with E-state index in [2.05, 4.69) is 5.32 Å². The highest BCUT2D eigenvalue weighted by atomic mass is 19.1. The van der Waals surface area contributed by atoms with Crippen LogP contribution in [-0.4, -0.2) is 30.6 Å². The second-order valence-corrected chi connectivity index (χ2v) is 5.40. The molecule has 0 saturated carbocycles. The van der Waals surface area contributed by atoms with Crippen molar-refractivity contribution < 1.29 is 23.5 Å². The number of halogens is 1. The minimum atomic E-state index is -1.05. The van der Waals surface area contributed by atoms with Gasteiger partial charge in [0.25, 0.3) is 5.91 Å². The molecular formula is C16H19FN2O4. The van der Waals surface area contributed by atoms with Crippen LogP contribution in [-0.2, 0) is 14.3 Å². The molecule has 0 saturated heterocycles. The maximum absolute atomic E-state index is 13.3. The maximum Gasteiger partial charge on any atom is 0.344 e. The Labute approximate surface area is 134 Å². The van der Waals surface area contributed by atoms with Gasteiger partial charge in [-0.05, 0) is 25.0 Å². The zero-order valence-electron chi connectivity index (χ0n) is 13.3. The molecule has 0 unspecified atom stereocenters. The van der Waals surface area contributed by atoms with E-state index < -0.39 is 36.4 Å². The number of esters is 1. The van der Waals surface area contributed by atoms with E-state index in [1.54, 1.807) is 26.8 Å². The number of benzene rings is 1. The molecule has 0 heterocycles. The summed E-state index contributed by atoms with van der Waals surface area (Å²) in [6.45, 7) is 4.10. The van der Waals surface area contributed by atoms with E-state index in [1.165, 1.54) is 18.2 Å². The molecule has 7 heteroatoms. The molecule has 0 aromatic heterocycles. The Morgan fingerprint density at radius 2 is 2.00 bits per heavy atom. The van der Waals surface area contributed by atoms with Crippen LogP contribution in [0.5, 0.6) is 5.75 Å². The molecular weight excluding hydrogens is 303 g/mol. The van der Waals surface area contributed by atoms with Crippen molar-refractivity contribution in [2.45, 2.75) is 26.3 Å². The van der Waals surface area contributed by atoms with Crippen molar-refractivity contribution in [2.75, 3.05) is 13.2 Å². The molecule has 1 atom stereocenters. The number of ether oxygens (including phenoxy) is 2.